The zero-order valence-electron chi connectivity index (χ0n) is 22.0. The number of nitrogens with zero attached hydrogens (tertiary/aromatic N) is 2. The fourth-order valence-electron chi connectivity index (χ4n) is 4.40. The maximum Gasteiger partial charge on any atom is 0.153 e. The molecule has 4 atom stereocenters. The van der Waals surface area contributed by atoms with Crippen LogP contribution in [-0.2, 0) is 6.42 Å². The molecule has 210 valence electrons. The molecule has 0 radical (unpaired) electrons. The van der Waals surface area contributed by atoms with Crippen molar-refractivity contribution in [1.29, 1.82) is 0 Å². The molecule has 0 fully saturated rings. The molecule has 11 heteroatoms. The molecule has 7 N–H and O–H groups in total. The minimum atomic E-state index is -0.223. The molecule has 8 nitrogen and oxygen atoms in total. The van der Waals surface area contributed by atoms with Gasteiger partial charge in [0.1, 0.15) is 34.5 Å². The first-order valence-electron chi connectivity index (χ1n) is 12.2. The van der Waals surface area contributed by atoms with E-state index in [0.717, 1.165) is 45.3 Å². The summed E-state index contributed by atoms with van der Waals surface area (Å²) in [7, 11) is 0. The number of aliphatic imine (C=N–C) groups is 2. The van der Waals surface area contributed by atoms with Crippen LogP contribution in [-0.4, -0.2) is 23.9 Å². The van der Waals surface area contributed by atoms with Crippen LogP contribution in [0.2, 0.25) is 0 Å². The normalized spacial score (nSPS) is 18.5. The molecule has 0 saturated carbocycles. The second kappa shape index (κ2) is 13.3. The minimum absolute atomic E-state index is 0. The number of fused-ring (bicyclic) bond motifs is 2. The summed E-state index contributed by atoms with van der Waals surface area (Å²) < 4.78 is 11.6. The summed E-state index contributed by atoms with van der Waals surface area (Å²) in [5, 5.41) is 3.55. The van der Waals surface area contributed by atoms with Crippen LogP contribution in [0.1, 0.15) is 49.5 Å². The van der Waals surface area contributed by atoms with E-state index in [1.807, 2.05) is 50.2 Å². The van der Waals surface area contributed by atoms with Gasteiger partial charge in [-0.1, -0.05) is 30.3 Å². The number of hydrogen-bond donors (Lipinski definition) is 4. The molecule has 5 rings (SSSR count). The van der Waals surface area contributed by atoms with Crippen LogP contribution in [0.25, 0.3) is 0 Å². The van der Waals surface area contributed by atoms with Crippen LogP contribution in [0.4, 0.5) is 17.1 Å². The Morgan fingerprint density at radius 2 is 1.38 bits per heavy atom. The number of ether oxygens (including phenoxy) is 2. The summed E-state index contributed by atoms with van der Waals surface area (Å²) in [5.74, 6) is 2.42. The maximum absolute atomic E-state index is 6.59. The van der Waals surface area contributed by atoms with E-state index in [4.69, 9.17) is 26.7 Å². The standard InChI is InChI=1S/C28H32N6O2.3ClH/c1-15(32-21-8-10-26-24(14-21)34-28(31)17(3)36-26)19-6-4-5-18(11-19)12-22(29)20-7-9-25-23(13-20)33-27(30)16(2)35-25;;;/h4-11,13-17,22,32H,12,29H2,1-3H3,(H2,30,33)(H2,31,34);3*1H. The van der Waals surface area contributed by atoms with Crippen molar-refractivity contribution in [3.63, 3.8) is 0 Å². The zero-order chi connectivity index (χ0) is 25.4. The van der Waals surface area contributed by atoms with Gasteiger partial charge in [0, 0.05) is 17.8 Å². The van der Waals surface area contributed by atoms with Crippen LogP contribution in [0.5, 0.6) is 11.5 Å². The van der Waals surface area contributed by atoms with E-state index in [2.05, 4.69) is 46.5 Å². The monoisotopic (exact) mass is 592 g/mol. The fourth-order valence-corrected chi connectivity index (χ4v) is 4.40. The van der Waals surface area contributed by atoms with Gasteiger partial charge in [-0.2, -0.15) is 0 Å². The van der Waals surface area contributed by atoms with Gasteiger partial charge in [0.2, 0.25) is 0 Å². The highest BCUT2D eigenvalue weighted by Crippen LogP contribution is 2.36. The Labute approximate surface area is 247 Å². The average molecular weight is 594 g/mol. The lowest BCUT2D eigenvalue weighted by molar-refractivity contribution is 0.281. The van der Waals surface area contributed by atoms with Crippen molar-refractivity contribution in [3.8, 4) is 11.5 Å². The molecule has 4 unspecified atom stereocenters. The van der Waals surface area contributed by atoms with E-state index >= 15 is 0 Å². The van der Waals surface area contributed by atoms with E-state index in [0.29, 0.717) is 18.1 Å². The van der Waals surface area contributed by atoms with Crippen LogP contribution < -0.4 is 32.0 Å². The van der Waals surface area contributed by atoms with Gasteiger partial charge in [0.15, 0.2) is 12.2 Å². The molecule has 0 aliphatic carbocycles. The third-order valence-corrected chi connectivity index (χ3v) is 6.60. The number of nitrogens with two attached hydrogens (primary N) is 3. The quantitative estimate of drug-likeness (QED) is 0.281. The van der Waals surface area contributed by atoms with Crippen molar-refractivity contribution in [2.24, 2.45) is 27.2 Å². The second-order valence-corrected chi connectivity index (χ2v) is 9.42. The Bertz CT molecular complexity index is 1370. The number of hydrogen-bond acceptors (Lipinski definition) is 8. The molecule has 0 spiro atoms. The van der Waals surface area contributed by atoms with Crippen molar-refractivity contribution in [2.75, 3.05) is 5.32 Å². The topological polar surface area (TPSA) is 133 Å². The summed E-state index contributed by atoms with van der Waals surface area (Å²) in [6.45, 7) is 5.90. The second-order valence-electron chi connectivity index (χ2n) is 9.42. The lowest BCUT2D eigenvalue weighted by Crippen LogP contribution is -2.33. The Balaban J connectivity index is 0.00000178. The average Bonchev–Trinajstić information content (AvgIpc) is 2.85. The molecule has 2 heterocycles. The first-order valence-corrected chi connectivity index (χ1v) is 12.2. The first kappa shape index (κ1) is 32.0. The predicted octanol–water partition coefficient (Wildman–Crippen LogP) is 5.91. The highest BCUT2D eigenvalue weighted by molar-refractivity contribution is 5.90. The number of halogens is 3. The van der Waals surface area contributed by atoms with Gasteiger partial charge in [-0.3, -0.25) is 0 Å². The van der Waals surface area contributed by atoms with Crippen molar-refractivity contribution >= 4 is 66.0 Å². The third kappa shape index (κ3) is 7.08. The van der Waals surface area contributed by atoms with Gasteiger partial charge in [0.05, 0.1) is 0 Å². The highest BCUT2D eigenvalue weighted by Gasteiger charge is 2.21. The van der Waals surface area contributed by atoms with E-state index in [-0.39, 0.29) is 61.5 Å². The van der Waals surface area contributed by atoms with Crippen LogP contribution in [0.3, 0.4) is 0 Å². The minimum Gasteiger partial charge on any atom is -0.481 e. The molecule has 3 aromatic carbocycles. The van der Waals surface area contributed by atoms with Gasteiger partial charge in [-0.05, 0) is 74.2 Å². The maximum atomic E-state index is 6.59. The van der Waals surface area contributed by atoms with Crippen molar-refractivity contribution < 1.29 is 9.47 Å². The molecule has 2 aliphatic heterocycles. The molecule has 0 amide bonds. The van der Waals surface area contributed by atoms with E-state index < -0.39 is 0 Å². The Hall–Kier alpha value is -3.17. The summed E-state index contributed by atoms with van der Waals surface area (Å²) in [4.78, 5) is 8.94. The Kier molecular flexibility index (Phi) is 10.9. The molecule has 2 aliphatic rings. The summed E-state index contributed by atoms with van der Waals surface area (Å²) >= 11 is 0. The lowest BCUT2D eigenvalue weighted by atomic mass is 9.96. The third-order valence-electron chi connectivity index (χ3n) is 6.60. The summed E-state index contributed by atoms with van der Waals surface area (Å²) in [5.41, 5.74) is 24.2. The van der Waals surface area contributed by atoms with Crippen molar-refractivity contribution in [1.82, 2.24) is 0 Å². The zero-order valence-corrected chi connectivity index (χ0v) is 24.4. The molecule has 0 aromatic heterocycles. The van der Waals surface area contributed by atoms with E-state index in [1.165, 1.54) is 0 Å². The number of rotatable bonds is 6. The van der Waals surface area contributed by atoms with Crippen LogP contribution >= 0.6 is 37.2 Å². The van der Waals surface area contributed by atoms with Gasteiger partial charge in [-0.25, -0.2) is 9.98 Å². The highest BCUT2D eigenvalue weighted by atomic mass is 35.5. The predicted molar refractivity (Wildman–Crippen MR) is 166 cm³/mol. The molecule has 0 bridgehead atoms. The molecule has 3 aromatic rings. The van der Waals surface area contributed by atoms with E-state index in [1.54, 1.807) is 0 Å². The molecule has 39 heavy (non-hydrogen) atoms. The van der Waals surface area contributed by atoms with E-state index in [9.17, 15) is 0 Å². The van der Waals surface area contributed by atoms with Crippen LogP contribution in [0, 0.1) is 0 Å². The Morgan fingerprint density at radius 1 is 0.795 bits per heavy atom. The Morgan fingerprint density at radius 3 is 2.03 bits per heavy atom. The largest absolute Gasteiger partial charge is 0.481 e. The number of benzene rings is 3. The van der Waals surface area contributed by atoms with Crippen LogP contribution in [0.15, 0.2) is 70.6 Å². The van der Waals surface area contributed by atoms with Crippen molar-refractivity contribution in [2.45, 2.75) is 51.5 Å². The number of nitrogens with one attached hydrogen (secondary N) is 1. The fraction of sp³-hybridized carbons (Fsp3) is 0.286. The number of anilines is 1. The van der Waals surface area contributed by atoms with Gasteiger partial charge in [-0.15, -0.1) is 37.2 Å². The van der Waals surface area contributed by atoms with Crippen molar-refractivity contribution in [3.05, 3.63) is 77.4 Å². The smallest absolute Gasteiger partial charge is 0.153 e. The number of amidine groups is 2. The summed E-state index contributed by atoms with van der Waals surface area (Å²) in [6.07, 6.45) is 0.256. The first-order chi connectivity index (χ1) is 17.3. The lowest BCUT2D eigenvalue weighted by Gasteiger charge is -2.23. The molecular weight excluding hydrogens is 559 g/mol. The molecule has 0 saturated heterocycles. The summed E-state index contributed by atoms with van der Waals surface area (Å²) in [6, 6.07) is 20.1. The van der Waals surface area contributed by atoms with Gasteiger partial charge >= 0.3 is 0 Å². The molecular formula is C28H35Cl3N6O2. The van der Waals surface area contributed by atoms with Gasteiger partial charge in [0.25, 0.3) is 0 Å². The SMILES string of the molecule is CC1Oc2ccc(NC(C)c3cccc(CC(N)c4ccc5c(c4)N=C(N)C(C)O5)c3)cc2N=C1N.Cl.Cl.Cl. The van der Waals surface area contributed by atoms with Gasteiger partial charge < -0.3 is 32.0 Å².